The molecule has 0 bridgehead atoms. The molecular weight excluding hydrogens is 288 g/mol. The van der Waals surface area contributed by atoms with E-state index in [-0.39, 0.29) is 24.5 Å². The fraction of sp³-hybridized carbons (Fsp3) is 0.417. The van der Waals surface area contributed by atoms with Gasteiger partial charge in [-0.05, 0) is 19.2 Å². The first-order valence-electron chi connectivity index (χ1n) is 5.76. The van der Waals surface area contributed by atoms with Gasteiger partial charge in [0.05, 0.1) is 11.3 Å². The van der Waals surface area contributed by atoms with Crippen molar-refractivity contribution in [3.05, 3.63) is 34.4 Å². The summed E-state index contributed by atoms with van der Waals surface area (Å²) >= 11 is 0. The lowest BCUT2D eigenvalue weighted by Gasteiger charge is -2.15. The molecule has 1 aromatic rings. The van der Waals surface area contributed by atoms with Crippen molar-refractivity contribution >= 4 is 24.1 Å². The Morgan fingerprint density at radius 3 is 2.45 bits per heavy atom. The third kappa shape index (κ3) is 6.91. The maximum atomic E-state index is 10.5. The smallest absolute Gasteiger partial charge is 0.304 e. The van der Waals surface area contributed by atoms with E-state index in [1.54, 1.807) is 0 Å². The highest BCUT2D eigenvalue weighted by Crippen LogP contribution is 2.17. The molecule has 0 spiro atoms. The molecule has 1 N–H and O–H groups in total. The number of hydrogen-bond acceptors (Lipinski definition) is 5. The van der Waals surface area contributed by atoms with E-state index < -0.39 is 10.9 Å². The van der Waals surface area contributed by atoms with Crippen molar-refractivity contribution in [3.8, 4) is 5.75 Å². The third-order valence-electron chi connectivity index (χ3n) is 2.50. The molecule has 7 nitrogen and oxygen atoms in total. The van der Waals surface area contributed by atoms with Gasteiger partial charge in [0.1, 0.15) is 12.4 Å². The molecular formula is C12H17ClN2O5. The standard InChI is InChI=1S/C12H16N2O5.ClH/c1-13(7-6-12(15)16)8-9-19-11-4-2-10(3-5-11)14(17)18;/h2-5H,6-9H2,1H3,(H,15,16);1H. The maximum Gasteiger partial charge on any atom is 0.304 e. The molecule has 0 fully saturated rings. The number of nitro groups is 1. The van der Waals surface area contributed by atoms with Gasteiger partial charge in [-0.1, -0.05) is 0 Å². The van der Waals surface area contributed by atoms with Crippen LogP contribution in [0.4, 0.5) is 5.69 Å². The molecule has 1 rings (SSSR count). The molecule has 0 atom stereocenters. The van der Waals surface area contributed by atoms with Crippen LogP contribution in [0.1, 0.15) is 6.42 Å². The number of benzene rings is 1. The van der Waals surface area contributed by atoms with Crippen LogP contribution in [0.3, 0.4) is 0 Å². The molecule has 0 saturated heterocycles. The average Bonchev–Trinajstić information content (AvgIpc) is 2.37. The van der Waals surface area contributed by atoms with Crippen molar-refractivity contribution in [2.24, 2.45) is 0 Å². The molecule has 112 valence electrons. The first kappa shape index (κ1) is 18.1. The second-order valence-corrected chi connectivity index (χ2v) is 4.05. The second kappa shape index (κ2) is 9.11. The van der Waals surface area contributed by atoms with E-state index in [1.165, 1.54) is 24.3 Å². The molecule has 0 aromatic heterocycles. The number of carboxylic acids is 1. The van der Waals surface area contributed by atoms with E-state index in [4.69, 9.17) is 9.84 Å². The second-order valence-electron chi connectivity index (χ2n) is 4.05. The van der Waals surface area contributed by atoms with Crippen molar-refractivity contribution in [2.75, 3.05) is 26.7 Å². The highest BCUT2D eigenvalue weighted by molar-refractivity contribution is 5.85. The van der Waals surface area contributed by atoms with E-state index in [0.29, 0.717) is 25.4 Å². The van der Waals surface area contributed by atoms with Crippen LogP contribution in [0.2, 0.25) is 0 Å². The summed E-state index contributed by atoms with van der Waals surface area (Å²) in [5.74, 6) is -0.277. The first-order valence-corrected chi connectivity index (χ1v) is 5.76. The molecule has 0 unspecified atom stereocenters. The van der Waals surface area contributed by atoms with Crippen molar-refractivity contribution in [2.45, 2.75) is 6.42 Å². The largest absolute Gasteiger partial charge is 0.492 e. The summed E-state index contributed by atoms with van der Waals surface area (Å²) in [6.45, 7) is 1.44. The van der Waals surface area contributed by atoms with Crippen LogP contribution < -0.4 is 4.74 Å². The van der Waals surface area contributed by atoms with Crippen molar-refractivity contribution in [1.29, 1.82) is 0 Å². The molecule has 0 aliphatic carbocycles. The van der Waals surface area contributed by atoms with Crippen LogP contribution in [-0.4, -0.2) is 47.6 Å². The lowest BCUT2D eigenvalue weighted by molar-refractivity contribution is -0.384. The van der Waals surface area contributed by atoms with E-state index in [9.17, 15) is 14.9 Å². The van der Waals surface area contributed by atoms with Gasteiger partial charge in [0.15, 0.2) is 0 Å². The van der Waals surface area contributed by atoms with Crippen LogP contribution in [-0.2, 0) is 4.79 Å². The molecule has 0 amide bonds. The highest BCUT2D eigenvalue weighted by Gasteiger charge is 2.05. The summed E-state index contributed by atoms with van der Waals surface area (Å²) in [6.07, 6.45) is 0.0913. The van der Waals surface area contributed by atoms with Crippen LogP contribution in [0.25, 0.3) is 0 Å². The Morgan fingerprint density at radius 1 is 1.35 bits per heavy atom. The summed E-state index contributed by atoms with van der Waals surface area (Å²) < 4.78 is 5.41. The van der Waals surface area contributed by atoms with Gasteiger partial charge in [0, 0.05) is 25.2 Å². The van der Waals surface area contributed by atoms with Crippen molar-refractivity contribution < 1.29 is 19.6 Å². The molecule has 0 aliphatic heterocycles. The van der Waals surface area contributed by atoms with Crippen LogP contribution in [0, 0.1) is 10.1 Å². The number of likely N-dealkylation sites (N-methyl/N-ethyl adjacent to an activating group) is 1. The van der Waals surface area contributed by atoms with E-state index >= 15 is 0 Å². The quantitative estimate of drug-likeness (QED) is 0.581. The van der Waals surface area contributed by atoms with Gasteiger partial charge in [-0.2, -0.15) is 0 Å². The van der Waals surface area contributed by atoms with E-state index in [2.05, 4.69) is 0 Å². The minimum absolute atomic E-state index is 0. The molecule has 0 heterocycles. The molecule has 20 heavy (non-hydrogen) atoms. The van der Waals surface area contributed by atoms with Gasteiger partial charge in [-0.3, -0.25) is 14.9 Å². The van der Waals surface area contributed by atoms with Gasteiger partial charge >= 0.3 is 5.97 Å². The zero-order valence-corrected chi connectivity index (χ0v) is 11.8. The molecule has 1 aromatic carbocycles. The number of ether oxygens (including phenoxy) is 1. The molecule has 0 aliphatic rings. The lowest BCUT2D eigenvalue weighted by Crippen LogP contribution is -2.26. The lowest BCUT2D eigenvalue weighted by atomic mass is 10.3. The fourth-order valence-electron chi connectivity index (χ4n) is 1.38. The average molecular weight is 305 g/mol. The van der Waals surface area contributed by atoms with Crippen LogP contribution in [0.5, 0.6) is 5.75 Å². The maximum absolute atomic E-state index is 10.5. The summed E-state index contributed by atoms with van der Waals surface area (Å²) in [4.78, 5) is 22.2. The Balaban J connectivity index is 0.00000361. The summed E-state index contributed by atoms with van der Waals surface area (Å²) in [6, 6.07) is 5.83. The van der Waals surface area contributed by atoms with E-state index in [1.807, 2.05) is 11.9 Å². The summed E-state index contributed by atoms with van der Waals surface area (Å²) in [5, 5.41) is 19.0. The highest BCUT2D eigenvalue weighted by atomic mass is 35.5. The number of nitrogens with zero attached hydrogens (tertiary/aromatic N) is 2. The predicted octanol–water partition coefficient (Wildman–Crippen LogP) is 1.80. The monoisotopic (exact) mass is 304 g/mol. The Bertz CT molecular complexity index is 438. The zero-order valence-electron chi connectivity index (χ0n) is 11.0. The Hall–Kier alpha value is -1.86. The Kier molecular flexibility index (Phi) is 8.26. The summed E-state index contributed by atoms with van der Waals surface area (Å²) in [5.41, 5.74) is 0.0194. The third-order valence-corrected chi connectivity index (χ3v) is 2.50. The van der Waals surface area contributed by atoms with Gasteiger partial charge < -0.3 is 14.7 Å². The number of hydrogen-bond donors (Lipinski definition) is 1. The number of carboxylic acid groups (broad SMARTS) is 1. The molecule has 8 heteroatoms. The number of halogens is 1. The minimum atomic E-state index is -0.830. The Morgan fingerprint density at radius 2 is 1.95 bits per heavy atom. The van der Waals surface area contributed by atoms with Gasteiger partial charge in [0.25, 0.3) is 5.69 Å². The van der Waals surface area contributed by atoms with E-state index in [0.717, 1.165) is 0 Å². The first-order chi connectivity index (χ1) is 8.99. The fourth-order valence-corrected chi connectivity index (χ4v) is 1.38. The molecule has 0 saturated carbocycles. The topological polar surface area (TPSA) is 92.9 Å². The summed E-state index contributed by atoms with van der Waals surface area (Å²) in [7, 11) is 1.81. The van der Waals surface area contributed by atoms with Gasteiger partial charge in [-0.15, -0.1) is 12.4 Å². The number of rotatable bonds is 8. The number of carbonyl (C=O) groups is 1. The zero-order chi connectivity index (χ0) is 14.3. The predicted molar refractivity (Wildman–Crippen MR) is 75.6 cm³/mol. The van der Waals surface area contributed by atoms with Gasteiger partial charge in [0.2, 0.25) is 0 Å². The normalized spacial score (nSPS) is 9.90. The number of non-ortho nitro benzene ring substituents is 1. The van der Waals surface area contributed by atoms with Gasteiger partial charge in [-0.25, -0.2) is 0 Å². The van der Waals surface area contributed by atoms with Crippen LogP contribution in [0.15, 0.2) is 24.3 Å². The molecule has 0 radical (unpaired) electrons. The SMILES string of the molecule is CN(CCOc1ccc([N+](=O)[O-])cc1)CCC(=O)O.Cl. The minimum Gasteiger partial charge on any atom is -0.492 e. The Labute approximate surface area is 122 Å². The number of aliphatic carboxylic acids is 1. The number of nitro benzene ring substituents is 1. The van der Waals surface area contributed by atoms with Crippen LogP contribution >= 0.6 is 12.4 Å². The van der Waals surface area contributed by atoms with Crippen molar-refractivity contribution in [1.82, 2.24) is 4.90 Å². The van der Waals surface area contributed by atoms with Crippen molar-refractivity contribution in [3.63, 3.8) is 0 Å².